The summed E-state index contributed by atoms with van der Waals surface area (Å²) < 4.78 is 25.2. The van der Waals surface area contributed by atoms with Crippen molar-refractivity contribution >= 4 is 32.4 Å². The minimum atomic E-state index is -3.21. The van der Waals surface area contributed by atoms with Gasteiger partial charge < -0.3 is 9.88 Å². The highest BCUT2D eigenvalue weighted by atomic mass is 32.2. The minimum Gasteiger partial charge on any atom is -0.339 e. The van der Waals surface area contributed by atoms with Gasteiger partial charge >= 0.3 is 0 Å². The van der Waals surface area contributed by atoms with Gasteiger partial charge in [-0.2, -0.15) is 0 Å². The molecule has 0 aliphatic rings. The molecule has 1 N–H and O–H groups in total. The molecule has 7 heteroatoms. The van der Waals surface area contributed by atoms with Crippen molar-refractivity contribution in [3.8, 4) is 5.69 Å². The number of nitrogens with one attached hydrogen (secondary N) is 1. The highest BCUT2D eigenvalue weighted by molar-refractivity contribution is 7.90. The van der Waals surface area contributed by atoms with E-state index < -0.39 is 9.84 Å². The fraction of sp³-hybridized carbons (Fsp3) is 0.0526. The highest BCUT2D eigenvalue weighted by Gasteiger charge is 2.09. The number of sulfone groups is 1. The predicted octanol–water partition coefficient (Wildman–Crippen LogP) is 3.57. The Morgan fingerprint density at radius 2 is 1.81 bits per heavy atom. The molecule has 4 aromatic rings. The predicted molar refractivity (Wildman–Crippen MR) is 102 cm³/mol. The van der Waals surface area contributed by atoms with E-state index in [1.54, 1.807) is 36.7 Å². The monoisotopic (exact) mass is 364 g/mol. The molecule has 0 amide bonds. The Hall–Kier alpha value is -3.19. The standard InChI is InChI=1S/C19H16N4O2S/c1-26(24,25)17-7-5-16(6-8-17)23-12-10-14-4-9-18(22-19(14)23)21-15-3-2-11-20-13-15/h2-13H,1H3,(H,21,22). The van der Waals surface area contributed by atoms with Gasteiger partial charge in [0.2, 0.25) is 0 Å². The van der Waals surface area contributed by atoms with Crippen molar-refractivity contribution in [2.75, 3.05) is 11.6 Å². The summed E-state index contributed by atoms with van der Waals surface area (Å²) >= 11 is 0. The number of rotatable bonds is 4. The normalized spacial score (nSPS) is 11.6. The number of hydrogen-bond acceptors (Lipinski definition) is 5. The first-order valence-corrected chi connectivity index (χ1v) is 9.85. The fourth-order valence-electron chi connectivity index (χ4n) is 2.72. The quantitative estimate of drug-likeness (QED) is 0.599. The molecule has 0 spiro atoms. The van der Waals surface area contributed by atoms with Crippen molar-refractivity contribution in [1.82, 2.24) is 14.5 Å². The SMILES string of the molecule is CS(=O)(=O)c1ccc(-n2ccc3ccc(Nc4cccnc4)nc32)cc1. The zero-order valence-electron chi connectivity index (χ0n) is 14.0. The van der Waals surface area contributed by atoms with Gasteiger partial charge in [0.15, 0.2) is 9.84 Å². The van der Waals surface area contributed by atoms with Gasteiger partial charge in [0, 0.05) is 29.7 Å². The molecule has 1 aromatic carbocycles. The van der Waals surface area contributed by atoms with Crippen molar-refractivity contribution < 1.29 is 8.42 Å². The first-order valence-electron chi connectivity index (χ1n) is 7.96. The molecule has 0 aliphatic heterocycles. The number of fused-ring (bicyclic) bond motifs is 1. The van der Waals surface area contributed by atoms with Crippen LogP contribution in [0.15, 0.2) is 78.1 Å². The highest BCUT2D eigenvalue weighted by Crippen LogP contribution is 2.23. The van der Waals surface area contributed by atoms with Crippen LogP contribution in [-0.2, 0) is 9.84 Å². The number of anilines is 2. The van der Waals surface area contributed by atoms with Crippen molar-refractivity contribution in [3.63, 3.8) is 0 Å². The Morgan fingerprint density at radius 3 is 2.50 bits per heavy atom. The molecule has 0 saturated carbocycles. The van der Waals surface area contributed by atoms with Gasteiger partial charge in [-0.05, 0) is 54.6 Å². The second-order valence-corrected chi connectivity index (χ2v) is 7.94. The fourth-order valence-corrected chi connectivity index (χ4v) is 3.35. The summed E-state index contributed by atoms with van der Waals surface area (Å²) in [7, 11) is -3.21. The van der Waals surface area contributed by atoms with E-state index >= 15 is 0 Å². The van der Waals surface area contributed by atoms with Crippen LogP contribution in [0.2, 0.25) is 0 Å². The third-order valence-corrected chi connectivity index (χ3v) is 5.14. The second kappa shape index (κ2) is 6.27. The van der Waals surface area contributed by atoms with Crippen LogP contribution in [0.3, 0.4) is 0 Å². The summed E-state index contributed by atoms with van der Waals surface area (Å²) in [5, 5.41) is 4.22. The van der Waals surface area contributed by atoms with Crippen LogP contribution in [0.4, 0.5) is 11.5 Å². The molecule has 26 heavy (non-hydrogen) atoms. The summed E-state index contributed by atoms with van der Waals surface area (Å²) in [6.45, 7) is 0. The first kappa shape index (κ1) is 16.3. The largest absolute Gasteiger partial charge is 0.339 e. The number of benzene rings is 1. The van der Waals surface area contributed by atoms with Gasteiger partial charge in [0.1, 0.15) is 11.5 Å². The van der Waals surface area contributed by atoms with Gasteiger partial charge in [-0.15, -0.1) is 0 Å². The lowest BCUT2D eigenvalue weighted by molar-refractivity contribution is 0.602. The molecule has 0 saturated heterocycles. The average molecular weight is 364 g/mol. The summed E-state index contributed by atoms with van der Waals surface area (Å²) in [6.07, 6.45) is 6.56. The van der Waals surface area contributed by atoms with Crippen molar-refractivity contribution in [2.45, 2.75) is 4.90 Å². The molecule has 0 unspecified atom stereocenters. The van der Waals surface area contributed by atoms with Crippen molar-refractivity contribution in [2.24, 2.45) is 0 Å². The Bertz CT molecular complexity index is 1170. The summed E-state index contributed by atoms with van der Waals surface area (Å²) in [6, 6.07) is 16.4. The summed E-state index contributed by atoms with van der Waals surface area (Å²) in [5.74, 6) is 0.707. The Kier molecular flexibility index (Phi) is 3.93. The van der Waals surface area contributed by atoms with Gasteiger partial charge in [-0.25, -0.2) is 13.4 Å². The molecular weight excluding hydrogens is 348 g/mol. The Morgan fingerprint density at radius 1 is 1.00 bits per heavy atom. The molecule has 4 rings (SSSR count). The maximum Gasteiger partial charge on any atom is 0.175 e. The Balaban J connectivity index is 1.73. The molecule has 130 valence electrons. The van der Waals surface area contributed by atoms with E-state index in [-0.39, 0.29) is 0 Å². The van der Waals surface area contributed by atoms with Crippen LogP contribution < -0.4 is 5.32 Å². The number of aromatic nitrogens is 3. The van der Waals surface area contributed by atoms with Gasteiger partial charge in [-0.1, -0.05) is 0 Å². The maximum absolute atomic E-state index is 11.6. The topological polar surface area (TPSA) is 76.9 Å². The summed E-state index contributed by atoms with van der Waals surface area (Å²) in [4.78, 5) is 9.06. The second-order valence-electron chi connectivity index (χ2n) is 5.93. The summed E-state index contributed by atoms with van der Waals surface area (Å²) in [5.41, 5.74) is 2.49. The van der Waals surface area contributed by atoms with Crippen LogP contribution in [0, 0.1) is 0 Å². The van der Waals surface area contributed by atoms with E-state index in [4.69, 9.17) is 0 Å². The van der Waals surface area contributed by atoms with Crippen molar-refractivity contribution in [3.05, 3.63) is 73.2 Å². The lowest BCUT2D eigenvalue weighted by Crippen LogP contribution is -2.00. The molecule has 3 heterocycles. The molecular formula is C19H16N4O2S. The number of pyridine rings is 2. The van der Waals surface area contributed by atoms with Crippen molar-refractivity contribution in [1.29, 1.82) is 0 Å². The maximum atomic E-state index is 11.6. The molecule has 0 aliphatic carbocycles. The number of nitrogens with zero attached hydrogens (tertiary/aromatic N) is 3. The van der Waals surface area contributed by atoms with E-state index in [2.05, 4.69) is 15.3 Å². The third kappa shape index (κ3) is 3.16. The van der Waals surface area contributed by atoms with Gasteiger partial charge in [0.05, 0.1) is 16.8 Å². The molecule has 0 radical (unpaired) electrons. The molecule has 6 nitrogen and oxygen atoms in total. The Labute approximate surface area is 151 Å². The van der Waals surface area contributed by atoms with E-state index in [0.29, 0.717) is 10.7 Å². The zero-order valence-corrected chi connectivity index (χ0v) is 14.8. The van der Waals surface area contributed by atoms with E-state index in [1.165, 1.54) is 6.26 Å². The average Bonchev–Trinajstić information content (AvgIpc) is 3.05. The van der Waals surface area contributed by atoms with Crippen LogP contribution in [0.25, 0.3) is 16.7 Å². The van der Waals surface area contributed by atoms with Crippen LogP contribution in [-0.4, -0.2) is 29.2 Å². The molecule has 0 fully saturated rings. The van der Waals surface area contributed by atoms with E-state index in [9.17, 15) is 8.42 Å². The molecule has 0 atom stereocenters. The van der Waals surface area contributed by atoms with Crippen LogP contribution in [0.5, 0.6) is 0 Å². The minimum absolute atomic E-state index is 0.296. The first-order chi connectivity index (χ1) is 12.5. The van der Waals surface area contributed by atoms with Crippen LogP contribution in [0.1, 0.15) is 0 Å². The lowest BCUT2D eigenvalue weighted by Gasteiger charge is -2.08. The smallest absolute Gasteiger partial charge is 0.175 e. The lowest BCUT2D eigenvalue weighted by atomic mass is 10.3. The molecule has 3 aromatic heterocycles. The third-order valence-electron chi connectivity index (χ3n) is 4.01. The van der Waals surface area contributed by atoms with E-state index in [1.807, 2.05) is 41.1 Å². The van der Waals surface area contributed by atoms with Gasteiger partial charge in [0.25, 0.3) is 0 Å². The van der Waals surface area contributed by atoms with E-state index in [0.717, 1.165) is 22.4 Å². The van der Waals surface area contributed by atoms with Gasteiger partial charge in [-0.3, -0.25) is 4.98 Å². The number of hydrogen-bond donors (Lipinski definition) is 1. The van der Waals surface area contributed by atoms with Crippen LogP contribution >= 0.6 is 0 Å². The molecule has 0 bridgehead atoms. The zero-order chi connectivity index (χ0) is 18.1.